The van der Waals surface area contributed by atoms with E-state index in [1.807, 2.05) is 17.0 Å². The lowest BCUT2D eigenvalue weighted by molar-refractivity contribution is 0.0687. The summed E-state index contributed by atoms with van der Waals surface area (Å²) in [6, 6.07) is 12.2. The first-order valence-corrected chi connectivity index (χ1v) is 9.31. The topological polar surface area (TPSA) is 66.8 Å². The number of rotatable bonds is 5. The van der Waals surface area contributed by atoms with Crippen LogP contribution in [0.25, 0.3) is 0 Å². The van der Waals surface area contributed by atoms with Crippen LogP contribution >= 0.6 is 11.6 Å². The van der Waals surface area contributed by atoms with Crippen LogP contribution in [0.2, 0.25) is 5.02 Å². The van der Waals surface area contributed by atoms with Gasteiger partial charge in [0, 0.05) is 18.1 Å². The van der Waals surface area contributed by atoms with Crippen molar-refractivity contribution in [2.24, 2.45) is 5.92 Å². The monoisotopic (exact) mass is 387 g/mol. The number of carboxylic acids is 1. The fourth-order valence-electron chi connectivity index (χ4n) is 3.58. The van der Waals surface area contributed by atoms with Crippen molar-refractivity contribution in [2.75, 3.05) is 20.2 Å². The number of carbonyl (C=O) groups is 2. The van der Waals surface area contributed by atoms with Gasteiger partial charge in [-0.3, -0.25) is 4.79 Å². The first-order valence-electron chi connectivity index (χ1n) is 8.93. The second-order valence-electron chi connectivity index (χ2n) is 6.75. The number of hydrogen-bond donors (Lipinski definition) is 1. The first-order chi connectivity index (χ1) is 13.0. The van der Waals surface area contributed by atoms with Gasteiger partial charge in [0.15, 0.2) is 0 Å². The van der Waals surface area contributed by atoms with E-state index in [2.05, 4.69) is 0 Å². The molecule has 142 valence electrons. The maximum Gasteiger partial charge on any atom is 0.335 e. The van der Waals surface area contributed by atoms with Crippen LogP contribution in [0.1, 0.15) is 39.1 Å². The highest BCUT2D eigenvalue weighted by Gasteiger charge is 2.26. The van der Waals surface area contributed by atoms with Crippen LogP contribution in [0, 0.1) is 5.92 Å². The van der Waals surface area contributed by atoms with E-state index in [1.165, 1.54) is 7.11 Å². The Morgan fingerprint density at radius 3 is 2.52 bits per heavy atom. The molecule has 0 atom stereocenters. The van der Waals surface area contributed by atoms with Gasteiger partial charge in [-0.05, 0) is 55.0 Å². The van der Waals surface area contributed by atoms with Gasteiger partial charge in [0.05, 0.1) is 18.2 Å². The number of carbonyl (C=O) groups excluding carboxylic acids is 1. The molecule has 1 N–H and O–H groups in total. The second kappa shape index (κ2) is 8.44. The average molecular weight is 388 g/mol. The fraction of sp³-hybridized carbons (Fsp3) is 0.333. The third-order valence-corrected chi connectivity index (χ3v) is 5.29. The number of nitrogens with zero attached hydrogens (tertiary/aromatic N) is 1. The molecule has 1 aliphatic rings. The molecule has 2 aromatic rings. The van der Waals surface area contributed by atoms with Crippen molar-refractivity contribution in [3.05, 3.63) is 64.2 Å². The minimum atomic E-state index is -0.897. The Morgan fingerprint density at radius 1 is 1.15 bits per heavy atom. The minimum Gasteiger partial charge on any atom is -0.496 e. The predicted octanol–water partition coefficient (Wildman–Crippen LogP) is 4.14. The first kappa shape index (κ1) is 19.2. The highest BCUT2D eigenvalue weighted by molar-refractivity contribution is 6.31. The Labute approximate surface area is 163 Å². The van der Waals surface area contributed by atoms with Crippen molar-refractivity contribution in [2.45, 2.75) is 19.3 Å². The highest BCUT2D eigenvalue weighted by Crippen LogP contribution is 2.28. The van der Waals surface area contributed by atoms with Gasteiger partial charge in [-0.2, -0.15) is 0 Å². The summed E-state index contributed by atoms with van der Waals surface area (Å²) >= 11 is 6.04. The smallest absolute Gasteiger partial charge is 0.335 e. The van der Waals surface area contributed by atoms with Gasteiger partial charge in [-0.1, -0.05) is 29.8 Å². The lowest BCUT2D eigenvalue weighted by Gasteiger charge is -2.32. The van der Waals surface area contributed by atoms with Crippen LogP contribution in [0.3, 0.4) is 0 Å². The van der Waals surface area contributed by atoms with E-state index < -0.39 is 5.97 Å². The molecule has 1 fully saturated rings. The van der Waals surface area contributed by atoms with Gasteiger partial charge >= 0.3 is 5.97 Å². The van der Waals surface area contributed by atoms with Crippen LogP contribution in [0.4, 0.5) is 0 Å². The Hall–Kier alpha value is -2.53. The Bertz CT molecular complexity index is 844. The average Bonchev–Trinajstić information content (AvgIpc) is 2.68. The quantitative estimate of drug-likeness (QED) is 0.837. The molecule has 0 saturated carbocycles. The number of benzene rings is 2. The molecule has 3 rings (SSSR count). The predicted molar refractivity (Wildman–Crippen MR) is 104 cm³/mol. The van der Waals surface area contributed by atoms with Crippen LogP contribution in [0.5, 0.6) is 5.75 Å². The molecule has 0 bridgehead atoms. The maximum atomic E-state index is 12.8. The summed E-state index contributed by atoms with van der Waals surface area (Å²) in [7, 11) is 1.53. The van der Waals surface area contributed by atoms with Crippen LogP contribution in [0.15, 0.2) is 42.5 Å². The number of halogens is 1. The third-order valence-electron chi connectivity index (χ3n) is 5.05. The summed E-state index contributed by atoms with van der Waals surface area (Å²) in [4.78, 5) is 26.0. The summed E-state index contributed by atoms with van der Waals surface area (Å²) in [5, 5.41) is 9.83. The molecule has 5 nitrogen and oxygen atoms in total. The molecule has 1 heterocycles. The second-order valence-corrected chi connectivity index (χ2v) is 7.18. The highest BCUT2D eigenvalue weighted by atomic mass is 35.5. The van der Waals surface area contributed by atoms with E-state index in [1.54, 1.807) is 30.3 Å². The van der Waals surface area contributed by atoms with Gasteiger partial charge in [0.2, 0.25) is 0 Å². The summed E-state index contributed by atoms with van der Waals surface area (Å²) in [5.74, 6) is -0.109. The maximum absolute atomic E-state index is 12.8. The molecule has 27 heavy (non-hydrogen) atoms. The van der Waals surface area contributed by atoms with E-state index in [0.717, 1.165) is 18.4 Å². The zero-order valence-electron chi connectivity index (χ0n) is 15.2. The third kappa shape index (κ3) is 4.42. The van der Waals surface area contributed by atoms with Gasteiger partial charge in [0.25, 0.3) is 5.91 Å². The van der Waals surface area contributed by atoms with E-state index >= 15 is 0 Å². The van der Waals surface area contributed by atoms with Crippen molar-refractivity contribution in [3.63, 3.8) is 0 Å². The zero-order valence-corrected chi connectivity index (χ0v) is 15.9. The SMILES string of the molecule is COc1ccc(Cl)cc1C(=O)N1CCC(Cc2ccccc2C(=O)O)CC1. The van der Waals surface area contributed by atoms with Gasteiger partial charge in [-0.15, -0.1) is 0 Å². The van der Waals surface area contributed by atoms with E-state index in [9.17, 15) is 14.7 Å². The Morgan fingerprint density at radius 2 is 1.85 bits per heavy atom. The molecule has 2 aromatic carbocycles. The number of hydrogen-bond acceptors (Lipinski definition) is 3. The van der Waals surface area contributed by atoms with Crippen molar-refractivity contribution < 1.29 is 19.4 Å². The van der Waals surface area contributed by atoms with Gasteiger partial charge < -0.3 is 14.7 Å². The van der Waals surface area contributed by atoms with Crippen molar-refractivity contribution >= 4 is 23.5 Å². The number of piperidine rings is 1. The Balaban J connectivity index is 1.65. The van der Waals surface area contributed by atoms with Gasteiger partial charge in [0.1, 0.15) is 5.75 Å². The minimum absolute atomic E-state index is 0.0845. The molecular weight excluding hydrogens is 366 g/mol. The van der Waals surface area contributed by atoms with Gasteiger partial charge in [-0.25, -0.2) is 4.79 Å². The number of aromatic carboxylic acids is 1. The van der Waals surface area contributed by atoms with Crippen LogP contribution < -0.4 is 4.74 Å². The standard InChI is InChI=1S/C21H22ClNO4/c1-27-19-7-6-16(22)13-18(19)20(24)23-10-8-14(9-11-23)12-15-4-2-3-5-17(15)21(25)26/h2-7,13-14H,8-12H2,1H3,(H,25,26). The van der Waals surface area contributed by atoms with E-state index in [0.29, 0.717) is 47.3 Å². The number of carboxylic acid groups (broad SMARTS) is 1. The molecule has 0 spiro atoms. The van der Waals surface area contributed by atoms with E-state index in [4.69, 9.17) is 16.3 Å². The summed E-state index contributed by atoms with van der Waals surface area (Å²) < 4.78 is 5.29. The number of ether oxygens (including phenoxy) is 1. The van der Waals surface area contributed by atoms with Crippen LogP contribution in [-0.2, 0) is 6.42 Å². The molecule has 0 aliphatic carbocycles. The Kier molecular flexibility index (Phi) is 6.01. The largest absolute Gasteiger partial charge is 0.496 e. The molecule has 6 heteroatoms. The number of likely N-dealkylation sites (tertiary alicyclic amines) is 1. The molecule has 1 amide bonds. The number of amides is 1. The van der Waals surface area contributed by atoms with E-state index in [-0.39, 0.29) is 5.91 Å². The lowest BCUT2D eigenvalue weighted by atomic mass is 9.88. The normalized spacial score (nSPS) is 14.8. The molecule has 0 radical (unpaired) electrons. The summed E-state index contributed by atoms with van der Waals surface area (Å²) in [6.07, 6.45) is 2.39. The molecule has 0 unspecified atom stereocenters. The molecule has 0 aromatic heterocycles. The summed E-state index contributed by atoms with van der Waals surface area (Å²) in [6.45, 7) is 1.27. The molecule has 1 saturated heterocycles. The zero-order chi connectivity index (χ0) is 19.4. The van der Waals surface area contributed by atoms with Crippen LogP contribution in [-0.4, -0.2) is 42.1 Å². The van der Waals surface area contributed by atoms with Crippen molar-refractivity contribution in [1.29, 1.82) is 0 Å². The molecule has 1 aliphatic heterocycles. The number of methoxy groups -OCH3 is 1. The fourth-order valence-corrected chi connectivity index (χ4v) is 3.75. The van der Waals surface area contributed by atoms with Crippen molar-refractivity contribution in [3.8, 4) is 5.75 Å². The summed E-state index contributed by atoms with van der Waals surface area (Å²) in [5.41, 5.74) is 1.69. The van der Waals surface area contributed by atoms with Crippen molar-refractivity contribution in [1.82, 2.24) is 4.90 Å². The lowest BCUT2D eigenvalue weighted by Crippen LogP contribution is -2.39. The molecular formula is C21H22ClNO4.